The van der Waals surface area contributed by atoms with Crippen molar-refractivity contribution >= 4 is 64.9 Å². The number of ketones is 1. The molecule has 16 N–H and O–H groups in total. The standard InChI is InChI=1S/C73H124N10O29/c1-46(84)80-57-60(95)63(98)71(43-107-66(57)110-71)40-101-31-10-7-18-50(88)74-25-14-28-77-53(91)22-34-104-37-70(83-56(94)21-13-17-49(87)69(4,5)6,38-105-35-23-54(92)78-29-15-26-75-51(89)19-8-11-32-102-41-72-44-108-67(111-72)58(81-47(2)85)61(96)64(72)99)39-106-36-24-55(93)79-30-16-27-76-52(90)20-9-12-33-103-42-73-45-109-68(112-73)59(82-48(3)86)62(97)65(73)100/h57-68,95-100H,7-45H2,1-6H3,(H,74,88)(H,75,89)(H,76,90)(H,77,91)(H,78,92)(H,79,93)(H,80,84)(H,81,85)(H,82,86)(H,83,94)/t57-,58-,59-,60-,61-,62-,63-,64-,65-,66-,67-,68-,71+,72+,73+/m1/s1. The largest absolute Gasteiger partial charge is 0.388 e. The molecule has 112 heavy (non-hydrogen) atoms. The van der Waals surface area contributed by atoms with Gasteiger partial charge in [0.05, 0.1) is 79.3 Å². The summed E-state index contributed by atoms with van der Waals surface area (Å²) in [6.45, 7) is 9.88. The molecule has 0 spiro atoms. The van der Waals surface area contributed by atoms with Gasteiger partial charge < -0.3 is 141 Å². The number of carbonyl (C=O) groups is 11. The second-order valence-corrected chi connectivity index (χ2v) is 30.5. The third kappa shape index (κ3) is 31.0. The topological polar surface area (TPSA) is 540 Å². The minimum Gasteiger partial charge on any atom is -0.388 e. The van der Waals surface area contributed by atoms with Crippen LogP contribution in [0.3, 0.4) is 0 Å². The van der Waals surface area contributed by atoms with Crippen molar-refractivity contribution in [3.63, 3.8) is 0 Å². The van der Waals surface area contributed by atoms with E-state index in [1.807, 2.05) is 0 Å². The zero-order valence-electron chi connectivity index (χ0n) is 65.6. The number of Topliss-reactive ketones (excluding diaryl/α,β-unsaturated/α-hetero) is 1. The first-order valence-corrected chi connectivity index (χ1v) is 39.0. The van der Waals surface area contributed by atoms with E-state index >= 15 is 0 Å². The number of nitrogens with one attached hydrogen (secondary N) is 10. The van der Waals surface area contributed by atoms with Crippen molar-refractivity contribution in [1.29, 1.82) is 0 Å². The van der Waals surface area contributed by atoms with E-state index in [2.05, 4.69) is 53.2 Å². The number of ether oxygens (including phenoxy) is 12. The Bertz CT molecular complexity index is 2740. The molecule has 0 saturated carbocycles. The molecule has 10 amide bonds. The summed E-state index contributed by atoms with van der Waals surface area (Å²) in [5, 5.41) is 91.6. The van der Waals surface area contributed by atoms with Crippen molar-refractivity contribution in [2.45, 2.75) is 253 Å². The van der Waals surface area contributed by atoms with Crippen LogP contribution in [0, 0.1) is 5.41 Å². The molecular formula is C73H124N10O29. The molecule has 6 aliphatic heterocycles. The van der Waals surface area contributed by atoms with Gasteiger partial charge in [0, 0.05) is 137 Å². The molecule has 0 unspecified atom stereocenters. The molecule has 6 bridgehead atoms. The van der Waals surface area contributed by atoms with Crippen LogP contribution in [-0.4, -0.2) is 330 Å². The molecule has 6 fully saturated rings. The normalized spacial score (nSPS) is 27.0. The average molecular weight is 1610 g/mol. The lowest BCUT2D eigenvalue weighted by atomic mass is 9.88. The number of hydrogen-bond acceptors (Lipinski definition) is 29. The fourth-order valence-corrected chi connectivity index (χ4v) is 13.3. The highest BCUT2D eigenvalue weighted by molar-refractivity contribution is 5.84. The summed E-state index contributed by atoms with van der Waals surface area (Å²) in [6.07, 6.45) is -6.15. The van der Waals surface area contributed by atoms with E-state index in [0.29, 0.717) is 57.8 Å². The first-order valence-electron chi connectivity index (χ1n) is 39.0. The summed E-state index contributed by atoms with van der Waals surface area (Å²) in [6, 6.07) is -2.81. The molecule has 15 atom stereocenters. The Kier molecular flexibility index (Phi) is 40.2. The van der Waals surface area contributed by atoms with E-state index in [1.54, 1.807) is 20.8 Å². The maximum atomic E-state index is 13.8. The Morgan fingerprint density at radius 3 is 0.902 bits per heavy atom. The molecule has 39 heteroatoms. The van der Waals surface area contributed by atoms with Gasteiger partial charge in [-0.2, -0.15) is 0 Å². The molecule has 0 radical (unpaired) electrons. The summed E-state index contributed by atoms with van der Waals surface area (Å²) in [5.41, 5.74) is -5.99. The van der Waals surface area contributed by atoms with Gasteiger partial charge in [-0.1, -0.05) is 20.8 Å². The van der Waals surface area contributed by atoms with Crippen molar-refractivity contribution in [3.05, 3.63) is 0 Å². The second-order valence-electron chi connectivity index (χ2n) is 30.5. The lowest BCUT2D eigenvalue weighted by Crippen LogP contribution is -2.66. The van der Waals surface area contributed by atoms with E-state index in [9.17, 15) is 83.4 Å². The highest BCUT2D eigenvalue weighted by atomic mass is 16.8. The number of aliphatic hydroxyl groups excluding tert-OH is 6. The summed E-state index contributed by atoms with van der Waals surface area (Å²) in [7, 11) is 0. The lowest BCUT2D eigenvalue weighted by molar-refractivity contribution is -0.237. The van der Waals surface area contributed by atoms with Crippen LogP contribution in [0.15, 0.2) is 0 Å². The number of rotatable bonds is 56. The van der Waals surface area contributed by atoms with Gasteiger partial charge in [0.1, 0.15) is 82.9 Å². The van der Waals surface area contributed by atoms with E-state index in [-0.39, 0.29) is 237 Å². The maximum absolute atomic E-state index is 13.8. The van der Waals surface area contributed by atoms with E-state index in [4.69, 9.17) is 56.8 Å². The Hall–Kier alpha value is -6.35. The van der Waals surface area contributed by atoms with Crippen LogP contribution >= 0.6 is 0 Å². The highest BCUT2D eigenvalue weighted by Crippen LogP contribution is 2.40. The van der Waals surface area contributed by atoms with Gasteiger partial charge in [-0.15, -0.1) is 0 Å². The van der Waals surface area contributed by atoms with Crippen molar-refractivity contribution < 1.29 is 140 Å². The average Bonchev–Trinajstić information content (AvgIpc) is 1.65. The first-order chi connectivity index (χ1) is 53.3. The number of amides is 10. The van der Waals surface area contributed by atoms with Crippen LogP contribution in [-0.2, 0) is 110 Å². The molecule has 6 aliphatic rings. The van der Waals surface area contributed by atoms with Gasteiger partial charge in [0.25, 0.3) is 0 Å². The van der Waals surface area contributed by atoms with Crippen molar-refractivity contribution in [3.8, 4) is 0 Å². The van der Waals surface area contributed by atoms with E-state index in [0.717, 1.165) is 0 Å². The number of carbonyl (C=O) groups excluding carboxylic acids is 11. The fourth-order valence-electron chi connectivity index (χ4n) is 13.3. The fraction of sp³-hybridized carbons (Fsp3) is 0.849. The molecule has 0 aliphatic carbocycles. The van der Waals surface area contributed by atoms with Gasteiger partial charge in [0.2, 0.25) is 59.1 Å². The van der Waals surface area contributed by atoms with E-state index < -0.39 is 125 Å². The van der Waals surface area contributed by atoms with Crippen LogP contribution in [0.5, 0.6) is 0 Å². The molecular weight excluding hydrogens is 1480 g/mol. The summed E-state index contributed by atoms with van der Waals surface area (Å²) < 4.78 is 69.7. The minimum atomic E-state index is -1.45. The summed E-state index contributed by atoms with van der Waals surface area (Å²) in [4.78, 5) is 138. The number of unbranched alkanes of at least 4 members (excludes halogenated alkanes) is 3. The molecule has 39 nitrogen and oxygen atoms in total. The maximum Gasteiger partial charge on any atom is 0.222 e. The molecule has 640 valence electrons. The Labute approximate surface area is 652 Å². The number of fused-ring (bicyclic) bond motifs is 6. The zero-order chi connectivity index (χ0) is 81.9. The molecule has 0 aromatic rings. The Morgan fingerprint density at radius 1 is 0.348 bits per heavy atom. The zero-order valence-corrected chi connectivity index (χ0v) is 65.6. The van der Waals surface area contributed by atoms with Crippen molar-refractivity contribution in [2.24, 2.45) is 5.41 Å². The third-order valence-corrected chi connectivity index (χ3v) is 19.7. The molecule has 0 aromatic carbocycles. The van der Waals surface area contributed by atoms with Gasteiger partial charge in [-0.05, 0) is 64.2 Å². The van der Waals surface area contributed by atoms with Gasteiger partial charge in [-0.25, -0.2) is 0 Å². The predicted molar refractivity (Wildman–Crippen MR) is 391 cm³/mol. The smallest absolute Gasteiger partial charge is 0.222 e. The first kappa shape index (κ1) is 94.5. The van der Waals surface area contributed by atoms with Crippen molar-refractivity contribution in [1.82, 2.24) is 53.2 Å². The minimum absolute atomic E-state index is 0.0397. The lowest BCUT2D eigenvalue weighted by Gasteiger charge is -2.42. The van der Waals surface area contributed by atoms with Crippen molar-refractivity contribution in [2.75, 3.05) is 138 Å². The molecule has 6 rings (SSSR count). The quantitative estimate of drug-likeness (QED) is 0.0255. The van der Waals surface area contributed by atoms with Crippen LogP contribution in [0.2, 0.25) is 0 Å². The van der Waals surface area contributed by atoms with Crippen LogP contribution in [0.25, 0.3) is 0 Å². The Balaban J connectivity index is 0.900. The van der Waals surface area contributed by atoms with Gasteiger partial charge in [-0.3, -0.25) is 52.7 Å². The summed E-state index contributed by atoms with van der Waals surface area (Å²) in [5.74, 6) is -3.47. The second kappa shape index (κ2) is 47.6. The number of hydrogen-bond donors (Lipinski definition) is 16. The molecule has 6 saturated heterocycles. The van der Waals surface area contributed by atoms with Crippen LogP contribution < -0.4 is 53.2 Å². The van der Waals surface area contributed by atoms with Crippen LogP contribution in [0.1, 0.15) is 157 Å². The van der Waals surface area contributed by atoms with E-state index in [1.165, 1.54) is 20.8 Å². The highest BCUT2D eigenvalue weighted by Gasteiger charge is 2.62. The van der Waals surface area contributed by atoms with Gasteiger partial charge in [0.15, 0.2) is 18.9 Å². The SMILES string of the molecule is CC(=O)N[C@H]1[C@@H]2OC[C@](COCCCCC(=O)NCCCNC(=O)CCOCC(COCCC(=O)NCCCNC(=O)CCCCOC[C@@]34CO[C@H](O3)[C@H](NC(C)=O)[C@@H](O)[C@H]4O)(COCCC(=O)NCCCNC(=O)CCCCOC[C@@]34CO[C@H](O3)[C@H](NC(C)=O)[C@@H](O)[C@H]4O)NC(=O)CCCC(=O)C(C)(C)C)(O2)[C@H](O)[C@@H]1O. The van der Waals surface area contributed by atoms with Crippen LogP contribution in [0.4, 0.5) is 0 Å². The van der Waals surface area contributed by atoms with Gasteiger partial charge >= 0.3 is 0 Å². The number of aliphatic hydroxyl groups is 6. The Morgan fingerprint density at radius 2 is 0.625 bits per heavy atom. The molecule has 0 aromatic heterocycles. The third-order valence-electron chi connectivity index (χ3n) is 19.7. The monoisotopic (exact) mass is 1600 g/mol. The summed E-state index contributed by atoms with van der Waals surface area (Å²) >= 11 is 0. The molecule has 6 heterocycles. The predicted octanol–water partition coefficient (Wildman–Crippen LogP) is -4.67.